The molecule has 0 aliphatic carbocycles. The molecule has 3 nitrogen and oxygen atoms in total. The standard InChI is InChI=1S/C14H17ClFNO2/c15-13-7-12(16)4-3-11(13)6-14(19)17-5-1-2-10(8-17)9-18/h3-4,7,10,18H,1-2,5-6,8-9H2. The second-order valence-electron chi connectivity index (χ2n) is 4.94. The highest BCUT2D eigenvalue weighted by molar-refractivity contribution is 6.31. The molecule has 1 N–H and O–H groups in total. The minimum atomic E-state index is -0.403. The summed E-state index contributed by atoms with van der Waals surface area (Å²) in [6, 6.07) is 4.07. The normalized spacial score (nSPS) is 19.5. The SMILES string of the molecule is O=C(Cc1ccc(F)cc1Cl)N1CCCC(CO)C1. The Balaban J connectivity index is 2.00. The van der Waals surface area contributed by atoms with Crippen LogP contribution in [0.3, 0.4) is 0 Å². The van der Waals surface area contributed by atoms with Gasteiger partial charge in [0.2, 0.25) is 5.91 Å². The van der Waals surface area contributed by atoms with Crippen LogP contribution in [-0.4, -0.2) is 35.6 Å². The quantitative estimate of drug-likeness (QED) is 0.925. The minimum absolute atomic E-state index is 0.0216. The lowest BCUT2D eigenvalue weighted by atomic mass is 9.98. The lowest BCUT2D eigenvalue weighted by molar-refractivity contribution is -0.132. The summed E-state index contributed by atoms with van der Waals surface area (Å²) in [6.45, 7) is 1.42. The zero-order valence-electron chi connectivity index (χ0n) is 10.6. The van der Waals surface area contributed by atoms with Crippen LogP contribution >= 0.6 is 11.6 Å². The summed E-state index contributed by atoms with van der Waals surface area (Å²) >= 11 is 5.92. The van der Waals surface area contributed by atoms with E-state index < -0.39 is 5.82 Å². The fourth-order valence-electron chi connectivity index (χ4n) is 2.38. The van der Waals surface area contributed by atoms with E-state index in [1.165, 1.54) is 12.1 Å². The topological polar surface area (TPSA) is 40.5 Å². The van der Waals surface area contributed by atoms with Gasteiger partial charge in [-0.25, -0.2) is 4.39 Å². The molecule has 1 fully saturated rings. The van der Waals surface area contributed by atoms with Gasteiger partial charge < -0.3 is 10.0 Å². The van der Waals surface area contributed by atoms with Crippen molar-refractivity contribution in [3.63, 3.8) is 0 Å². The first-order chi connectivity index (χ1) is 9.10. The van der Waals surface area contributed by atoms with Crippen molar-refractivity contribution < 1.29 is 14.3 Å². The van der Waals surface area contributed by atoms with Crippen molar-refractivity contribution in [3.05, 3.63) is 34.6 Å². The average molecular weight is 286 g/mol. The molecule has 1 aromatic carbocycles. The van der Waals surface area contributed by atoms with Gasteiger partial charge in [0.15, 0.2) is 0 Å². The van der Waals surface area contributed by atoms with Crippen LogP contribution in [0.1, 0.15) is 18.4 Å². The number of rotatable bonds is 3. The first kappa shape index (κ1) is 14.3. The lowest BCUT2D eigenvalue weighted by Crippen LogP contribution is -2.41. The Morgan fingerprint density at radius 2 is 2.32 bits per heavy atom. The Bertz CT molecular complexity index is 467. The van der Waals surface area contributed by atoms with E-state index in [2.05, 4.69) is 0 Å². The van der Waals surface area contributed by atoms with E-state index in [9.17, 15) is 9.18 Å². The van der Waals surface area contributed by atoms with Gasteiger partial charge in [0.25, 0.3) is 0 Å². The maximum atomic E-state index is 12.9. The number of halogens is 2. The molecule has 1 aliphatic heterocycles. The van der Waals surface area contributed by atoms with Gasteiger partial charge in [-0.2, -0.15) is 0 Å². The van der Waals surface area contributed by atoms with E-state index in [4.69, 9.17) is 16.7 Å². The second-order valence-corrected chi connectivity index (χ2v) is 5.35. The predicted molar refractivity (Wildman–Crippen MR) is 71.5 cm³/mol. The van der Waals surface area contributed by atoms with Crippen LogP contribution in [0.2, 0.25) is 5.02 Å². The predicted octanol–water partition coefficient (Wildman–Crippen LogP) is 2.25. The number of piperidine rings is 1. The molecule has 0 aromatic heterocycles. The van der Waals surface area contributed by atoms with Gasteiger partial charge in [-0.1, -0.05) is 17.7 Å². The molecule has 1 atom stereocenters. The molecule has 1 aliphatic rings. The van der Waals surface area contributed by atoms with E-state index in [1.807, 2.05) is 0 Å². The number of aliphatic hydroxyl groups excluding tert-OH is 1. The van der Waals surface area contributed by atoms with Crippen LogP contribution < -0.4 is 0 Å². The highest BCUT2D eigenvalue weighted by atomic mass is 35.5. The van der Waals surface area contributed by atoms with Crippen molar-refractivity contribution in [2.45, 2.75) is 19.3 Å². The van der Waals surface area contributed by atoms with Crippen molar-refractivity contribution in [1.29, 1.82) is 0 Å². The number of aliphatic hydroxyl groups is 1. The van der Waals surface area contributed by atoms with Crippen LogP contribution in [0.25, 0.3) is 0 Å². The number of likely N-dealkylation sites (tertiary alicyclic amines) is 1. The second kappa shape index (κ2) is 6.35. The Morgan fingerprint density at radius 1 is 1.53 bits per heavy atom. The lowest BCUT2D eigenvalue weighted by Gasteiger charge is -2.32. The van der Waals surface area contributed by atoms with Gasteiger partial charge in [-0.15, -0.1) is 0 Å². The molecule has 2 rings (SSSR count). The molecule has 1 aromatic rings. The number of hydrogen-bond acceptors (Lipinski definition) is 2. The molecule has 1 unspecified atom stereocenters. The van der Waals surface area contributed by atoms with Gasteiger partial charge in [-0.3, -0.25) is 4.79 Å². The number of hydrogen-bond donors (Lipinski definition) is 1. The molecule has 0 bridgehead atoms. The highest BCUT2D eigenvalue weighted by Crippen LogP contribution is 2.21. The largest absolute Gasteiger partial charge is 0.396 e. The number of amides is 1. The number of benzene rings is 1. The van der Waals surface area contributed by atoms with Gasteiger partial charge in [0.05, 0.1) is 6.42 Å². The van der Waals surface area contributed by atoms with Crippen molar-refractivity contribution in [3.8, 4) is 0 Å². The van der Waals surface area contributed by atoms with Crippen LogP contribution in [-0.2, 0) is 11.2 Å². The van der Waals surface area contributed by atoms with Crippen molar-refractivity contribution in [1.82, 2.24) is 4.90 Å². The first-order valence-electron chi connectivity index (χ1n) is 6.42. The van der Waals surface area contributed by atoms with Crippen LogP contribution in [0.4, 0.5) is 4.39 Å². The van der Waals surface area contributed by atoms with Crippen molar-refractivity contribution in [2.24, 2.45) is 5.92 Å². The minimum Gasteiger partial charge on any atom is -0.396 e. The zero-order valence-corrected chi connectivity index (χ0v) is 11.4. The van der Waals surface area contributed by atoms with Crippen LogP contribution in [0.15, 0.2) is 18.2 Å². The van der Waals surface area contributed by atoms with E-state index in [-0.39, 0.29) is 29.9 Å². The molecule has 1 amide bonds. The van der Waals surface area contributed by atoms with Crippen LogP contribution in [0, 0.1) is 11.7 Å². The van der Waals surface area contributed by atoms with Gasteiger partial charge in [0, 0.05) is 24.7 Å². The fourth-order valence-corrected chi connectivity index (χ4v) is 2.61. The molecule has 104 valence electrons. The molecule has 1 heterocycles. The fraction of sp³-hybridized carbons (Fsp3) is 0.500. The summed E-state index contributed by atoms with van der Waals surface area (Å²) in [5.74, 6) is -0.257. The van der Waals surface area contributed by atoms with E-state index in [0.29, 0.717) is 18.7 Å². The number of nitrogens with zero attached hydrogens (tertiary/aromatic N) is 1. The van der Waals surface area contributed by atoms with Crippen LogP contribution in [0.5, 0.6) is 0 Å². The summed E-state index contributed by atoms with van der Waals surface area (Å²) in [5.41, 5.74) is 0.638. The average Bonchev–Trinajstić information content (AvgIpc) is 2.42. The summed E-state index contributed by atoms with van der Waals surface area (Å²) in [5, 5.41) is 9.44. The third-order valence-corrected chi connectivity index (χ3v) is 3.84. The van der Waals surface area contributed by atoms with E-state index >= 15 is 0 Å². The Labute approximate surface area is 117 Å². The highest BCUT2D eigenvalue weighted by Gasteiger charge is 2.23. The summed E-state index contributed by atoms with van der Waals surface area (Å²) in [6.07, 6.45) is 2.04. The molecule has 5 heteroatoms. The third-order valence-electron chi connectivity index (χ3n) is 3.49. The van der Waals surface area contributed by atoms with Crippen molar-refractivity contribution >= 4 is 17.5 Å². The summed E-state index contributed by atoms with van der Waals surface area (Å²) in [7, 11) is 0. The monoisotopic (exact) mass is 285 g/mol. The smallest absolute Gasteiger partial charge is 0.227 e. The zero-order chi connectivity index (χ0) is 13.8. The summed E-state index contributed by atoms with van der Waals surface area (Å²) < 4.78 is 12.9. The number of carbonyl (C=O) groups excluding carboxylic acids is 1. The molecular formula is C14H17ClFNO2. The Kier molecular flexibility index (Phi) is 4.77. The first-order valence-corrected chi connectivity index (χ1v) is 6.80. The number of carbonyl (C=O) groups is 1. The molecule has 1 saturated heterocycles. The Morgan fingerprint density at radius 3 is 3.00 bits per heavy atom. The maximum Gasteiger partial charge on any atom is 0.227 e. The van der Waals surface area contributed by atoms with Gasteiger partial charge >= 0.3 is 0 Å². The third kappa shape index (κ3) is 3.67. The van der Waals surface area contributed by atoms with Gasteiger partial charge in [-0.05, 0) is 36.5 Å². The molecule has 0 radical (unpaired) electrons. The molecule has 19 heavy (non-hydrogen) atoms. The van der Waals surface area contributed by atoms with Crippen molar-refractivity contribution in [2.75, 3.05) is 19.7 Å². The maximum absolute atomic E-state index is 12.9. The van der Waals surface area contributed by atoms with E-state index in [0.717, 1.165) is 12.8 Å². The molecular weight excluding hydrogens is 269 g/mol. The Hall–Kier alpha value is -1.13. The van der Waals surface area contributed by atoms with E-state index in [1.54, 1.807) is 11.0 Å². The van der Waals surface area contributed by atoms with Gasteiger partial charge in [0.1, 0.15) is 5.82 Å². The summed E-state index contributed by atoms with van der Waals surface area (Å²) in [4.78, 5) is 13.9. The molecule has 0 spiro atoms. The molecule has 0 saturated carbocycles.